The Morgan fingerprint density at radius 1 is 1.56 bits per heavy atom. The maximum absolute atomic E-state index is 11.8. The van der Waals surface area contributed by atoms with Gasteiger partial charge in [-0.15, -0.1) is 0 Å². The Labute approximate surface area is 98.5 Å². The van der Waals surface area contributed by atoms with Gasteiger partial charge in [-0.1, -0.05) is 25.5 Å². The number of carbonyl (C=O) groups excluding carboxylic acids is 1. The number of rotatable bonds is 6. The largest absolute Gasteiger partial charge is 0.356 e. The molecule has 3 nitrogen and oxygen atoms in total. The molecule has 3 N–H and O–H groups in total. The third-order valence-corrected chi connectivity index (χ3v) is 3.24. The normalized spacial score (nSPS) is 21.8. The van der Waals surface area contributed by atoms with Gasteiger partial charge in [-0.05, 0) is 31.6 Å². The van der Waals surface area contributed by atoms with Crippen LogP contribution in [0.15, 0.2) is 12.2 Å². The van der Waals surface area contributed by atoms with E-state index >= 15 is 0 Å². The van der Waals surface area contributed by atoms with E-state index in [0.717, 1.165) is 32.2 Å². The van der Waals surface area contributed by atoms with Crippen molar-refractivity contribution in [1.82, 2.24) is 5.32 Å². The van der Waals surface area contributed by atoms with E-state index in [-0.39, 0.29) is 11.8 Å². The van der Waals surface area contributed by atoms with Crippen molar-refractivity contribution >= 4 is 5.91 Å². The molecular weight excluding hydrogens is 200 g/mol. The first kappa shape index (κ1) is 13.2. The Bertz CT molecular complexity index is 238. The van der Waals surface area contributed by atoms with Crippen molar-refractivity contribution in [2.75, 3.05) is 13.1 Å². The summed E-state index contributed by atoms with van der Waals surface area (Å²) in [5.74, 6) is 0.761. The second-order valence-corrected chi connectivity index (χ2v) is 4.62. The molecule has 0 aromatic rings. The van der Waals surface area contributed by atoms with E-state index in [2.05, 4.69) is 24.4 Å². The molecule has 16 heavy (non-hydrogen) atoms. The lowest BCUT2D eigenvalue weighted by Gasteiger charge is -2.20. The van der Waals surface area contributed by atoms with Crippen LogP contribution in [0.3, 0.4) is 0 Å². The van der Waals surface area contributed by atoms with Crippen molar-refractivity contribution in [2.45, 2.75) is 39.0 Å². The van der Waals surface area contributed by atoms with E-state index in [1.807, 2.05) is 0 Å². The molecule has 2 atom stereocenters. The highest BCUT2D eigenvalue weighted by Gasteiger charge is 2.17. The molecule has 0 radical (unpaired) electrons. The van der Waals surface area contributed by atoms with Crippen LogP contribution in [-0.4, -0.2) is 19.0 Å². The van der Waals surface area contributed by atoms with Crippen molar-refractivity contribution in [3.8, 4) is 0 Å². The molecule has 0 bridgehead atoms. The molecule has 1 aliphatic rings. The quantitative estimate of drug-likeness (QED) is 0.676. The standard InChI is InChI=1S/C13H24N2O/c1-2-6-12(9-14)13(16)15-10-11-7-4-3-5-8-11/h3-4,11-12H,2,5-10,14H2,1H3,(H,15,16). The SMILES string of the molecule is CCCC(CN)C(=O)NCC1CC=CCC1. The van der Waals surface area contributed by atoms with E-state index in [1.54, 1.807) is 0 Å². The Morgan fingerprint density at radius 3 is 2.94 bits per heavy atom. The summed E-state index contributed by atoms with van der Waals surface area (Å²) < 4.78 is 0. The Morgan fingerprint density at radius 2 is 2.38 bits per heavy atom. The molecular formula is C13H24N2O. The van der Waals surface area contributed by atoms with Gasteiger partial charge in [0, 0.05) is 13.1 Å². The van der Waals surface area contributed by atoms with E-state index < -0.39 is 0 Å². The van der Waals surface area contributed by atoms with Gasteiger partial charge in [-0.2, -0.15) is 0 Å². The molecule has 92 valence electrons. The van der Waals surface area contributed by atoms with E-state index in [0.29, 0.717) is 12.5 Å². The van der Waals surface area contributed by atoms with Gasteiger partial charge in [-0.25, -0.2) is 0 Å². The number of hydrogen-bond acceptors (Lipinski definition) is 2. The van der Waals surface area contributed by atoms with Crippen LogP contribution in [-0.2, 0) is 4.79 Å². The summed E-state index contributed by atoms with van der Waals surface area (Å²) in [5, 5.41) is 3.04. The zero-order valence-electron chi connectivity index (χ0n) is 10.2. The summed E-state index contributed by atoms with van der Waals surface area (Å²) >= 11 is 0. The minimum Gasteiger partial charge on any atom is -0.356 e. The van der Waals surface area contributed by atoms with E-state index in [1.165, 1.54) is 6.42 Å². The molecule has 0 aliphatic heterocycles. The second kappa shape index (κ2) is 7.44. The van der Waals surface area contributed by atoms with Crippen LogP contribution >= 0.6 is 0 Å². The predicted molar refractivity (Wildman–Crippen MR) is 66.9 cm³/mol. The van der Waals surface area contributed by atoms with Gasteiger partial charge < -0.3 is 11.1 Å². The number of allylic oxidation sites excluding steroid dienone is 2. The first-order chi connectivity index (χ1) is 7.77. The van der Waals surface area contributed by atoms with Crippen LogP contribution in [0, 0.1) is 11.8 Å². The first-order valence-corrected chi connectivity index (χ1v) is 6.40. The topological polar surface area (TPSA) is 55.1 Å². The second-order valence-electron chi connectivity index (χ2n) is 4.62. The maximum atomic E-state index is 11.8. The lowest BCUT2D eigenvalue weighted by Crippen LogP contribution is -2.37. The summed E-state index contributed by atoms with van der Waals surface area (Å²) in [4.78, 5) is 11.8. The smallest absolute Gasteiger partial charge is 0.224 e. The van der Waals surface area contributed by atoms with Gasteiger partial charge in [0.15, 0.2) is 0 Å². The van der Waals surface area contributed by atoms with Crippen LogP contribution < -0.4 is 11.1 Å². The molecule has 0 aromatic carbocycles. The molecule has 0 saturated carbocycles. The third-order valence-electron chi connectivity index (χ3n) is 3.24. The van der Waals surface area contributed by atoms with Crippen molar-refractivity contribution in [2.24, 2.45) is 17.6 Å². The van der Waals surface area contributed by atoms with Crippen molar-refractivity contribution in [3.05, 3.63) is 12.2 Å². The zero-order chi connectivity index (χ0) is 11.8. The number of amides is 1. The molecule has 1 rings (SSSR count). The van der Waals surface area contributed by atoms with Crippen LogP contribution in [0.2, 0.25) is 0 Å². The van der Waals surface area contributed by atoms with Crippen LogP contribution in [0.25, 0.3) is 0 Å². The summed E-state index contributed by atoms with van der Waals surface area (Å²) in [6, 6.07) is 0. The highest BCUT2D eigenvalue weighted by atomic mass is 16.1. The highest BCUT2D eigenvalue weighted by molar-refractivity contribution is 5.78. The van der Waals surface area contributed by atoms with E-state index in [9.17, 15) is 4.79 Å². The summed E-state index contributed by atoms with van der Waals surface area (Å²) in [7, 11) is 0. The Balaban J connectivity index is 2.24. The zero-order valence-corrected chi connectivity index (χ0v) is 10.2. The average Bonchev–Trinajstić information content (AvgIpc) is 2.34. The molecule has 0 heterocycles. The first-order valence-electron chi connectivity index (χ1n) is 6.40. The third kappa shape index (κ3) is 4.35. The maximum Gasteiger partial charge on any atom is 0.224 e. The highest BCUT2D eigenvalue weighted by Crippen LogP contribution is 2.17. The fraction of sp³-hybridized carbons (Fsp3) is 0.769. The van der Waals surface area contributed by atoms with Gasteiger partial charge in [0.05, 0.1) is 5.92 Å². The van der Waals surface area contributed by atoms with Gasteiger partial charge >= 0.3 is 0 Å². The van der Waals surface area contributed by atoms with Crippen LogP contribution in [0.1, 0.15) is 39.0 Å². The molecule has 2 unspecified atom stereocenters. The van der Waals surface area contributed by atoms with E-state index in [4.69, 9.17) is 5.73 Å². The summed E-state index contributed by atoms with van der Waals surface area (Å²) in [5.41, 5.74) is 5.60. The number of hydrogen-bond donors (Lipinski definition) is 2. The Hall–Kier alpha value is -0.830. The molecule has 0 fully saturated rings. The monoisotopic (exact) mass is 224 g/mol. The van der Waals surface area contributed by atoms with Crippen molar-refractivity contribution in [3.63, 3.8) is 0 Å². The van der Waals surface area contributed by atoms with Crippen molar-refractivity contribution < 1.29 is 4.79 Å². The van der Waals surface area contributed by atoms with Gasteiger partial charge in [0.2, 0.25) is 5.91 Å². The molecule has 0 spiro atoms. The molecule has 0 saturated heterocycles. The summed E-state index contributed by atoms with van der Waals surface area (Å²) in [6.45, 7) is 3.36. The Kier molecular flexibility index (Phi) is 6.16. The molecule has 3 heteroatoms. The lowest BCUT2D eigenvalue weighted by atomic mass is 9.94. The van der Waals surface area contributed by atoms with Crippen molar-refractivity contribution in [1.29, 1.82) is 0 Å². The van der Waals surface area contributed by atoms with Gasteiger partial charge in [0.1, 0.15) is 0 Å². The fourth-order valence-corrected chi connectivity index (χ4v) is 2.14. The fourth-order valence-electron chi connectivity index (χ4n) is 2.14. The predicted octanol–water partition coefficient (Wildman–Crippen LogP) is 1.83. The van der Waals surface area contributed by atoms with Gasteiger partial charge in [-0.3, -0.25) is 4.79 Å². The minimum absolute atomic E-state index is 0.00383. The van der Waals surface area contributed by atoms with Crippen LogP contribution in [0.5, 0.6) is 0 Å². The summed E-state index contributed by atoms with van der Waals surface area (Å²) in [6.07, 6.45) is 9.79. The number of nitrogens with one attached hydrogen (secondary N) is 1. The van der Waals surface area contributed by atoms with Crippen LogP contribution in [0.4, 0.5) is 0 Å². The molecule has 0 aromatic heterocycles. The molecule has 1 aliphatic carbocycles. The van der Waals surface area contributed by atoms with Gasteiger partial charge in [0.25, 0.3) is 0 Å². The lowest BCUT2D eigenvalue weighted by molar-refractivity contribution is -0.125. The number of nitrogens with two attached hydrogens (primary N) is 1. The molecule has 1 amide bonds. The minimum atomic E-state index is 0.00383. The number of carbonyl (C=O) groups is 1. The average molecular weight is 224 g/mol.